The average Bonchev–Trinajstić information content (AvgIpc) is 2.65. The van der Waals surface area contributed by atoms with E-state index in [1.807, 2.05) is 18.2 Å². The highest BCUT2D eigenvalue weighted by Crippen LogP contribution is 2.23. The molecule has 0 heterocycles. The predicted octanol–water partition coefficient (Wildman–Crippen LogP) is 2.45. The second-order valence-corrected chi connectivity index (χ2v) is 7.30. The summed E-state index contributed by atoms with van der Waals surface area (Å²) in [5.74, 6) is -0.0670. The summed E-state index contributed by atoms with van der Waals surface area (Å²) in [5, 5.41) is 0. The summed E-state index contributed by atoms with van der Waals surface area (Å²) in [4.78, 5) is 12.1. The lowest BCUT2D eigenvalue weighted by molar-refractivity contribution is -0.144. The van der Waals surface area contributed by atoms with Gasteiger partial charge in [-0.15, -0.1) is 0 Å². The molecule has 2 aromatic carbocycles. The predicted molar refractivity (Wildman–Crippen MR) is 93.6 cm³/mol. The molecule has 1 atom stereocenters. The highest BCUT2D eigenvalue weighted by atomic mass is 32.2. The van der Waals surface area contributed by atoms with Crippen LogP contribution in [0.15, 0.2) is 59.5 Å². The number of carbonyl (C=O) groups excluding carboxylic acids is 1. The van der Waals surface area contributed by atoms with E-state index in [0.717, 1.165) is 9.87 Å². The van der Waals surface area contributed by atoms with Gasteiger partial charge in [-0.2, -0.15) is 4.31 Å². The smallest absolute Gasteiger partial charge is 0.323 e. The Hall–Kier alpha value is -2.38. The van der Waals surface area contributed by atoms with E-state index in [0.29, 0.717) is 5.75 Å². The van der Waals surface area contributed by atoms with Crippen LogP contribution in [0.5, 0.6) is 5.75 Å². The molecule has 0 aliphatic rings. The van der Waals surface area contributed by atoms with Crippen molar-refractivity contribution in [1.29, 1.82) is 0 Å². The molecule has 2 rings (SSSR count). The van der Waals surface area contributed by atoms with E-state index in [4.69, 9.17) is 9.47 Å². The minimum absolute atomic E-state index is 0.0610. The van der Waals surface area contributed by atoms with Crippen LogP contribution in [0, 0.1) is 0 Å². The highest BCUT2D eigenvalue weighted by molar-refractivity contribution is 7.89. The molecule has 0 aromatic heterocycles. The number of ether oxygens (including phenoxy) is 2. The summed E-state index contributed by atoms with van der Waals surface area (Å²) >= 11 is 0. The van der Waals surface area contributed by atoms with Crippen LogP contribution in [0.1, 0.15) is 12.5 Å². The van der Waals surface area contributed by atoms with Crippen LogP contribution in [0.2, 0.25) is 0 Å². The number of methoxy groups -OCH3 is 2. The van der Waals surface area contributed by atoms with Crippen molar-refractivity contribution in [2.45, 2.75) is 24.4 Å². The zero-order chi connectivity index (χ0) is 18.4. The first-order valence-corrected chi connectivity index (χ1v) is 9.12. The van der Waals surface area contributed by atoms with Gasteiger partial charge in [-0.25, -0.2) is 8.42 Å². The van der Waals surface area contributed by atoms with Crippen LogP contribution in [0.25, 0.3) is 0 Å². The molecule has 1 unspecified atom stereocenters. The van der Waals surface area contributed by atoms with Gasteiger partial charge in [0.1, 0.15) is 11.8 Å². The van der Waals surface area contributed by atoms with Crippen LogP contribution in [-0.2, 0) is 26.1 Å². The Morgan fingerprint density at radius 3 is 2.16 bits per heavy atom. The molecule has 6 nitrogen and oxygen atoms in total. The van der Waals surface area contributed by atoms with Crippen molar-refractivity contribution in [3.05, 3.63) is 60.2 Å². The lowest BCUT2D eigenvalue weighted by Gasteiger charge is -2.26. The maximum absolute atomic E-state index is 13.1. The molecule has 134 valence electrons. The zero-order valence-corrected chi connectivity index (χ0v) is 15.2. The Kier molecular flexibility index (Phi) is 6.17. The van der Waals surface area contributed by atoms with E-state index in [2.05, 4.69) is 0 Å². The van der Waals surface area contributed by atoms with Crippen molar-refractivity contribution in [3.8, 4) is 5.75 Å². The number of benzene rings is 2. The van der Waals surface area contributed by atoms with E-state index in [1.54, 1.807) is 24.3 Å². The van der Waals surface area contributed by atoms with E-state index in [9.17, 15) is 13.2 Å². The maximum Gasteiger partial charge on any atom is 0.323 e. The molecule has 0 saturated heterocycles. The van der Waals surface area contributed by atoms with Gasteiger partial charge >= 0.3 is 5.97 Å². The molecule has 0 spiro atoms. The number of carbonyl (C=O) groups is 1. The van der Waals surface area contributed by atoms with Gasteiger partial charge in [0.05, 0.1) is 19.1 Å². The largest absolute Gasteiger partial charge is 0.497 e. The fraction of sp³-hybridized carbons (Fsp3) is 0.278. The Morgan fingerprint density at radius 1 is 1.04 bits per heavy atom. The molecule has 0 fully saturated rings. The Labute approximate surface area is 148 Å². The molecule has 25 heavy (non-hydrogen) atoms. The normalized spacial score (nSPS) is 12.6. The minimum Gasteiger partial charge on any atom is -0.497 e. The summed E-state index contributed by atoms with van der Waals surface area (Å²) in [7, 11) is -1.16. The Balaban J connectivity index is 2.42. The van der Waals surface area contributed by atoms with Crippen LogP contribution < -0.4 is 4.74 Å². The van der Waals surface area contributed by atoms with Gasteiger partial charge in [-0.1, -0.05) is 30.3 Å². The minimum atomic E-state index is -3.90. The van der Waals surface area contributed by atoms with Crippen molar-refractivity contribution >= 4 is 16.0 Å². The molecule has 0 N–H and O–H groups in total. The second kappa shape index (κ2) is 8.13. The Bertz CT molecular complexity index is 803. The molecular weight excluding hydrogens is 342 g/mol. The van der Waals surface area contributed by atoms with Crippen molar-refractivity contribution in [2.75, 3.05) is 14.2 Å². The standard InChI is InChI=1S/C18H21NO5S/c1-14(18(20)24-3)19(13-15-7-5-4-6-8-15)25(21,22)17-11-9-16(23-2)10-12-17/h4-12,14H,13H2,1-3H3. The summed E-state index contributed by atoms with van der Waals surface area (Å²) in [5.41, 5.74) is 0.773. The van der Waals surface area contributed by atoms with E-state index in [1.165, 1.54) is 33.3 Å². The summed E-state index contributed by atoms with van der Waals surface area (Å²) in [6.07, 6.45) is 0. The van der Waals surface area contributed by atoms with E-state index in [-0.39, 0.29) is 11.4 Å². The lowest BCUT2D eigenvalue weighted by atomic mass is 10.2. The van der Waals surface area contributed by atoms with Gasteiger partial charge in [-0.3, -0.25) is 4.79 Å². The van der Waals surface area contributed by atoms with Gasteiger partial charge in [-0.05, 0) is 36.8 Å². The van der Waals surface area contributed by atoms with Crippen LogP contribution in [0.3, 0.4) is 0 Å². The molecule has 2 aromatic rings. The number of sulfonamides is 1. The first-order valence-electron chi connectivity index (χ1n) is 7.67. The van der Waals surface area contributed by atoms with E-state index < -0.39 is 22.0 Å². The molecule has 0 aliphatic heterocycles. The monoisotopic (exact) mass is 363 g/mol. The topological polar surface area (TPSA) is 72.9 Å². The molecule has 0 radical (unpaired) electrons. The molecule has 0 saturated carbocycles. The van der Waals surface area contributed by atoms with Crippen molar-refractivity contribution < 1.29 is 22.7 Å². The van der Waals surface area contributed by atoms with Crippen molar-refractivity contribution in [2.24, 2.45) is 0 Å². The van der Waals surface area contributed by atoms with Crippen LogP contribution >= 0.6 is 0 Å². The molecule has 0 aliphatic carbocycles. The van der Waals surface area contributed by atoms with Crippen LogP contribution in [-0.4, -0.2) is 39.0 Å². The van der Waals surface area contributed by atoms with Gasteiger partial charge < -0.3 is 9.47 Å². The number of hydrogen-bond acceptors (Lipinski definition) is 5. The molecule has 7 heteroatoms. The SMILES string of the molecule is COC(=O)C(C)N(Cc1ccccc1)S(=O)(=O)c1ccc(OC)cc1. The third-order valence-corrected chi connectivity index (χ3v) is 5.75. The highest BCUT2D eigenvalue weighted by Gasteiger charge is 2.33. The van der Waals surface area contributed by atoms with Crippen molar-refractivity contribution in [1.82, 2.24) is 4.31 Å². The number of nitrogens with zero attached hydrogens (tertiary/aromatic N) is 1. The van der Waals surface area contributed by atoms with Crippen LogP contribution in [0.4, 0.5) is 0 Å². The Morgan fingerprint density at radius 2 is 1.64 bits per heavy atom. The van der Waals surface area contributed by atoms with Gasteiger partial charge in [0.15, 0.2) is 0 Å². The fourth-order valence-electron chi connectivity index (χ4n) is 2.36. The zero-order valence-electron chi connectivity index (χ0n) is 14.4. The third-order valence-electron chi connectivity index (χ3n) is 3.82. The molecule has 0 amide bonds. The lowest BCUT2D eigenvalue weighted by Crippen LogP contribution is -2.43. The maximum atomic E-state index is 13.1. The van der Waals surface area contributed by atoms with Gasteiger partial charge in [0.25, 0.3) is 0 Å². The summed E-state index contributed by atoms with van der Waals surface area (Å²) in [6, 6.07) is 14.2. The first kappa shape index (κ1) is 19.0. The first-order chi connectivity index (χ1) is 11.9. The number of hydrogen-bond donors (Lipinski definition) is 0. The number of esters is 1. The second-order valence-electron chi connectivity index (χ2n) is 5.41. The average molecular weight is 363 g/mol. The summed E-state index contributed by atoms with van der Waals surface area (Å²) < 4.78 is 37.1. The summed E-state index contributed by atoms with van der Waals surface area (Å²) in [6.45, 7) is 1.57. The van der Waals surface area contributed by atoms with Gasteiger partial charge in [0.2, 0.25) is 10.0 Å². The van der Waals surface area contributed by atoms with Gasteiger partial charge in [0, 0.05) is 6.54 Å². The number of rotatable bonds is 7. The van der Waals surface area contributed by atoms with E-state index >= 15 is 0 Å². The van der Waals surface area contributed by atoms with Crippen molar-refractivity contribution in [3.63, 3.8) is 0 Å². The molecule has 0 bridgehead atoms. The molecular formula is C18H21NO5S. The quantitative estimate of drug-likeness (QED) is 0.707. The third kappa shape index (κ3) is 4.37. The fourth-order valence-corrected chi connectivity index (χ4v) is 3.94.